The van der Waals surface area contributed by atoms with E-state index in [1.165, 1.54) is 18.2 Å². The number of nitro benzene ring substituents is 1. The minimum absolute atomic E-state index is 0.0103. The van der Waals surface area contributed by atoms with Crippen molar-refractivity contribution < 1.29 is 9.72 Å². The van der Waals surface area contributed by atoms with Crippen molar-refractivity contribution in [2.24, 2.45) is 5.92 Å². The maximum atomic E-state index is 12.2. The molecule has 0 aliphatic carbocycles. The van der Waals surface area contributed by atoms with Gasteiger partial charge in [-0.3, -0.25) is 14.9 Å². The Morgan fingerprint density at radius 1 is 1.43 bits per heavy atom. The lowest BCUT2D eigenvalue weighted by Crippen LogP contribution is -2.45. The average Bonchev–Trinajstić information content (AvgIpc) is 2.36. The number of nitrogens with zero attached hydrogens (tertiary/aromatic N) is 2. The SMILES string of the molecule is CC(C)C(CN(C)C)NC(=O)c1ccc([N+](=O)[O-])c(N)c1. The first-order valence-electron chi connectivity index (χ1n) is 6.72. The largest absolute Gasteiger partial charge is 0.393 e. The van der Waals surface area contributed by atoms with Gasteiger partial charge in [0.2, 0.25) is 0 Å². The number of nitrogen functional groups attached to an aromatic ring is 1. The molecule has 116 valence electrons. The summed E-state index contributed by atoms with van der Waals surface area (Å²) in [6.07, 6.45) is 0. The molecule has 1 unspecified atom stereocenters. The van der Waals surface area contributed by atoms with Crippen LogP contribution in [-0.4, -0.2) is 42.4 Å². The van der Waals surface area contributed by atoms with E-state index in [1.807, 2.05) is 32.8 Å². The summed E-state index contributed by atoms with van der Waals surface area (Å²) in [5.41, 5.74) is 5.72. The van der Waals surface area contributed by atoms with E-state index in [1.54, 1.807) is 0 Å². The monoisotopic (exact) mass is 294 g/mol. The van der Waals surface area contributed by atoms with E-state index in [4.69, 9.17) is 5.73 Å². The van der Waals surface area contributed by atoms with Crippen LogP contribution in [0.2, 0.25) is 0 Å². The van der Waals surface area contributed by atoms with Crippen LogP contribution in [-0.2, 0) is 0 Å². The van der Waals surface area contributed by atoms with E-state index in [9.17, 15) is 14.9 Å². The second-order valence-electron chi connectivity index (χ2n) is 5.62. The molecule has 0 saturated heterocycles. The molecule has 0 aliphatic heterocycles. The molecular formula is C14H22N4O3. The fraction of sp³-hybridized carbons (Fsp3) is 0.500. The van der Waals surface area contributed by atoms with Crippen LogP contribution in [0.3, 0.4) is 0 Å². The first kappa shape index (κ1) is 16.9. The maximum Gasteiger partial charge on any atom is 0.292 e. The summed E-state index contributed by atoms with van der Waals surface area (Å²) in [5.74, 6) is -0.0103. The van der Waals surface area contributed by atoms with Crippen molar-refractivity contribution in [1.29, 1.82) is 0 Å². The quantitative estimate of drug-likeness (QED) is 0.470. The summed E-state index contributed by atoms with van der Waals surface area (Å²) in [5, 5.41) is 13.6. The normalized spacial score (nSPS) is 12.5. The number of carbonyl (C=O) groups excluding carboxylic acids is 1. The molecule has 0 aromatic heterocycles. The van der Waals surface area contributed by atoms with Gasteiger partial charge >= 0.3 is 0 Å². The van der Waals surface area contributed by atoms with Gasteiger partial charge in [-0.2, -0.15) is 0 Å². The number of carbonyl (C=O) groups is 1. The molecule has 1 amide bonds. The number of nitrogens with one attached hydrogen (secondary N) is 1. The predicted octanol–water partition coefficient (Wildman–Crippen LogP) is 1.49. The second-order valence-corrected chi connectivity index (χ2v) is 5.62. The molecule has 0 aliphatic rings. The Morgan fingerprint density at radius 2 is 2.05 bits per heavy atom. The predicted molar refractivity (Wildman–Crippen MR) is 82.2 cm³/mol. The van der Waals surface area contributed by atoms with Crippen LogP contribution in [0.15, 0.2) is 18.2 Å². The summed E-state index contributed by atoms with van der Waals surface area (Å²) < 4.78 is 0. The van der Waals surface area contributed by atoms with Gasteiger partial charge in [0.05, 0.1) is 4.92 Å². The zero-order valence-electron chi connectivity index (χ0n) is 12.8. The molecule has 1 atom stereocenters. The van der Waals surface area contributed by atoms with Crippen LogP contribution in [0, 0.1) is 16.0 Å². The third-order valence-corrected chi connectivity index (χ3v) is 3.17. The molecular weight excluding hydrogens is 272 g/mol. The lowest BCUT2D eigenvalue weighted by atomic mass is 10.0. The molecule has 0 bridgehead atoms. The molecule has 1 aromatic carbocycles. The average molecular weight is 294 g/mol. The molecule has 0 radical (unpaired) electrons. The molecule has 0 heterocycles. The minimum atomic E-state index is -0.569. The van der Waals surface area contributed by atoms with Crippen molar-refractivity contribution in [1.82, 2.24) is 10.2 Å². The Kier molecular flexibility index (Phi) is 5.66. The van der Waals surface area contributed by atoms with E-state index < -0.39 is 4.92 Å². The van der Waals surface area contributed by atoms with Gasteiger partial charge in [-0.1, -0.05) is 13.8 Å². The van der Waals surface area contributed by atoms with Gasteiger partial charge in [0.15, 0.2) is 0 Å². The van der Waals surface area contributed by atoms with Gasteiger partial charge in [-0.05, 0) is 32.1 Å². The number of hydrogen-bond donors (Lipinski definition) is 2. The lowest BCUT2D eigenvalue weighted by Gasteiger charge is -2.25. The first-order valence-corrected chi connectivity index (χ1v) is 6.72. The number of amides is 1. The van der Waals surface area contributed by atoms with Gasteiger partial charge < -0.3 is 16.0 Å². The van der Waals surface area contributed by atoms with Gasteiger partial charge in [-0.15, -0.1) is 0 Å². The van der Waals surface area contributed by atoms with Crippen LogP contribution in [0.1, 0.15) is 24.2 Å². The highest BCUT2D eigenvalue weighted by Gasteiger charge is 2.19. The van der Waals surface area contributed by atoms with Gasteiger partial charge in [-0.25, -0.2) is 0 Å². The Balaban J connectivity index is 2.88. The van der Waals surface area contributed by atoms with Gasteiger partial charge in [0.25, 0.3) is 11.6 Å². The number of benzene rings is 1. The highest BCUT2D eigenvalue weighted by Crippen LogP contribution is 2.22. The van der Waals surface area contributed by atoms with Crippen LogP contribution < -0.4 is 11.1 Å². The van der Waals surface area contributed by atoms with Crippen molar-refractivity contribution in [2.75, 3.05) is 26.4 Å². The van der Waals surface area contributed by atoms with E-state index in [0.29, 0.717) is 12.1 Å². The molecule has 1 rings (SSSR count). The molecule has 7 nitrogen and oxygen atoms in total. The van der Waals surface area contributed by atoms with Crippen LogP contribution in [0.25, 0.3) is 0 Å². The molecule has 3 N–H and O–H groups in total. The standard InChI is InChI=1S/C14H22N4O3/c1-9(2)12(8-17(3)4)16-14(19)10-5-6-13(18(20)21)11(15)7-10/h5-7,9,12H,8,15H2,1-4H3,(H,16,19). The third-order valence-electron chi connectivity index (χ3n) is 3.17. The topological polar surface area (TPSA) is 102 Å². The highest BCUT2D eigenvalue weighted by atomic mass is 16.6. The zero-order valence-corrected chi connectivity index (χ0v) is 12.8. The number of nitro groups is 1. The number of nitrogens with two attached hydrogens (primary N) is 1. The fourth-order valence-corrected chi connectivity index (χ4v) is 1.93. The van der Waals surface area contributed by atoms with Crippen molar-refractivity contribution in [2.45, 2.75) is 19.9 Å². The molecule has 0 saturated carbocycles. The lowest BCUT2D eigenvalue weighted by molar-refractivity contribution is -0.383. The Bertz CT molecular complexity index is 529. The number of anilines is 1. The smallest absolute Gasteiger partial charge is 0.292 e. The highest BCUT2D eigenvalue weighted by molar-refractivity contribution is 5.95. The minimum Gasteiger partial charge on any atom is -0.393 e. The molecule has 7 heteroatoms. The fourth-order valence-electron chi connectivity index (χ4n) is 1.93. The first-order chi connectivity index (χ1) is 9.72. The Labute approximate surface area is 124 Å². The van der Waals surface area contributed by atoms with Gasteiger partial charge in [0.1, 0.15) is 5.69 Å². The van der Waals surface area contributed by atoms with E-state index >= 15 is 0 Å². The summed E-state index contributed by atoms with van der Waals surface area (Å²) in [6, 6.07) is 3.99. The molecule has 21 heavy (non-hydrogen) atoms. The number of likely N-dealkylation sites (N-methyl/N-ethyl adjacent to an activating group) is 1. The summed E-state index contributed by atoms with van der Waals surface area (Å²) >= 11 is 0. The van der Waals surface area contributed by atoms with Crippen LogP contribution in [0.4, 0.5) is 11.4 Å². The van der Waals surface area contributed by atoms with E-state index in [0.717, 1.165) is 0 Å². The third kappa shape index (κ3) is 4.71. The van der Waals surface area contributed by atoms with Crippen molar-refractivity contribution in [3.63, 3.8) is 0 Å². The summed E-state index contributed by atoms with van der Waals surface area (Å²) in [6.45, 7) is 4.77. The van der Waals surface area contributed by atoms with E-state index in [-0.39, 0.29) is 29.2 Å². The maximum absolute atomic E-state index is 12.2. The summed E-state index contributed by atoms with van der Waals surface area (Å²) in [7, 11) is 3.87. The molecule has 0 fully saturated rings. The van der Waals surface area contributed by atoms with E-state index in [2.05, 4.69) is 5.32 Å². The zero-order chi connectivity index (χ0) is 16.2. The van der Waals surface area contributed by atoms with Crippen molar-refractivity contribution >= 4 is 17.3 Å². The van der Waals surface area contributed by atoms with Crippen LogP contribution >= 0.6 is 0 Å². The Hall–Kier alpha value is -2.15. The molecule has 1 aromatic rings. The second kappa shape index (κ2) is 7.03. The van der Waals surface area contributed by atoms with Crippen molar-refractivity contribution in [3.8, 4) is 0 Å². The Morgan fingerprint density at radius 3 is 2.48 bits per heavy atom. The van der Waals surface area contributed by atoms with Crippen molar-refractivity contribution in [3.05, 3.63) is 33.9 Å². The number of hydrogen-bond acceptors (Lipinski definition) is 5. The summed E-state index contributed by atoms with van der Waals surface area (Å²) in [4.78, 5) is 24.4. The van der Waals surface area contributed by atoms with Crippen LogP contribution in [0.5, 0.6) is 0 Å². The number of rotatable bonds is 6. The molecule has 0 spiro atoms. The van der Waals surface area contributed by atoms with Gasteiger partial charge in [0, 0.05) is 24.2 Å².